The van der Waals surface area contributed by atoms with E-state index in [1.807, 2.05) is 0 Å². The predicted molar refractivity (Wildman–Crippen MR) is 132 cm³/mol. The summed E-state index contributed by atoms with van der Waals surface area (Å²) in [7, 11) is 0. The zero-order valence-electron chi connectivity index (χ0n) is 17.4. The lowest BCUT2D eigenvalue weighted by Crippen LogP contribution is -1.91. The van der Waals surface area contributed by atoms with E-state index in [-0.39, 0.29) is 0 Å². The van der Waals surface area contributed by atoms with Crippen molar-refractivity contribution in [3.05, 3.63) is 114 Å². The van der Waals surface area contributed by atoms with Crippen LogP contribution < -0.4 is 0 Å². The first-order valence-corrected chi connectivity index (χ1v) is 10.5. The molecule has 5 rings (SSSR count). The fourth-order valence-corrected chi connectivity index (χ4v) is 4.42. The average molecular weight is 385 g/mol. The van der Waals surface area contributed by atoms with Crippen molar-refractivity contribution in [3.8, 4) is 22.3 Å². The first-order chi connectivity index (χ1) is 14.8. The molecule has 0 heterocycles. The maximum absolute atomic E-state index is 2.26. The lowest BCUT2D eigenvalue weighted by atomic mass is 9.86. The van der Waals surface area contributed by atoms with E-state index >= 15 is 0 Å². The number of hydrogen-bond acceptors (Lipinski definition) is 0. The highest BCUT2D eigenvalue weighted by Crippen LogP contribution is 2.43. The average Bonchev–Trinajstić information content (AvgIpc) is 2.79. The number of allylic oxidation sites excluding steroid dienone is 1. The zero-order chi connectivity index (χ0) is 20.5. The van der Waals surface area contributed by atoms with Crippen LogP contribution in [0.5, 0.6) is 0 Å². The molecule has 0 aliphatic heterocycles. The predicted octanol–water partition coefficient (Wildman–Crippen LogP) is 8.67. The molecule has 0 bridgehead atoms. The molecule has 144 valence electrons. The van der Waals surface area contributed by atoms with Gasteiger partial charge in [-0.25, -0.2) is 0 Å². The standard InChI is InChI=1S/C30H24/c1-3-8-22-15-19-24(20-16-22)30-27-11-6-4-9-25(27)29(23-17-13-21(2)14-18-23)26-10-5-7-12-28(26)30/h3-20H,1-2H3/b8-3+. The van der Waals surface area contributed by atoms with Crippen molar-refractivity contribution in [1.82, 2.24) is 0 Å². The topological polar surface area (TPSA) is 0 Å². The summed E-state index contributed by atoms with van der Waals surface area (Å²) in [4.78, 5) is 0. The summed E-state index contributed by atoms with van der Waals surface area (Å²) in [5, 5.41) is 5.19. The van der Waals surface area contributed by atoms with Gasteiger partial charge in [-0.15, -0.1) is 0 Å². The number of aryl methyl sites for hydroxylation is 1. The Morgan fingerprint density at radius 3 is 1.30 bits per heavy atom. The molecular weight excluding hydrogens is 360 g/mol. The minimum Gasteiger partial charge on any atom is -0.0871 e. The molecule has 0 nitrogen and oxygen atoms in total. The number of hydrogen-bond donors (Lipinski definition) is 0. The second-order valence-corrected chi connectivity index (χ2v) is 7.83. The van der Waals surface area contributed by atoms with Gasteiger partial charge in [0.25, 0.3) is 0 Å². The summed E-state index contributed by atoms with van der Waals surface area (Å²) in [6.45, 7) is 4.19. The third kappa shape index (κ3) is 3.11. The van der Waals surface area contributed by atoms with Gasteiger partial charge in [-0.1, -0.05) is 115 Å². The quantitative estimate of drug-likeness (QED) is 0.273. The van der Waals surface area contributed by atoms with Crippen molar-refractivity contribution >= 4 is 27.6 Å². The van der Waals surface area contributed by atoms with Crippen molar-refractivity contribution in [1.29, 1.82) is 0 Å². The van der Waals surface area contributed by atoms with Crippen LogP contribution >= 0.6 is 0 Å². The van der Waals surface area contributed by atoms with Crippen LogP contribution in [0.25, 0.3) is 49.9 Å². The number of benzene rings is 5. The highest BCUT2D eigenvalue weighted by Gasteiger charge is 2.16. The monoisotopic (exact) mass is 384 g/mol. The molecular formula is C30H24. The fourth-order valence-electron chi connectivity index (χ4n) is 4.42. The minimum absolute atomic E-state index is 1.23. The SMILES string of the molecule is C/C=C/c1ccc(-c2c3ccccc3c(-c3ccc(C)cc3)c3ccccc23)cc1. The van der Waals surface area contributed by atoms with E-state index in [1.54, 1.807) is 0 Å². The van der Waals surface area contributed by atoms with Gasteiger partial charge in [0.05, 0.1) is 0 Å². The Labute approximate surface area is 178 Å². The van der Waals surface area contributed by atoms with Gasteiger partial charge in [0.2, 0.25) is 0 Å². The summed E-state index contributed by atoms with van der Waals surface area (Å²) in [6.07, 6.45) is 4.22. The Balaban J connectivity index is 1.89. The van der Waals surface area contributed by atoms with E-state index < -0.39 is 0 Å². The maximum atomic E-state index is 2.26. The molecule has 0 saturated heterocycles. The Morgan fingerprint density at radius 1 is 0.500 bits per heavy atom. The normalized spacial score (nSPS) is 11.5. The molecule has 0 unspecified atom stereocenters. The summed E-state index contributed by atoms with van der Waals surface area (Å²) >= 11 is 0. The van der Waals surface area contributed by atoms with E-state index in [0.717, 1.165) is 0 Å². The van der Waals surface area contributed by atoms with Crippen molar-refractivity contribution in [2.45, 2.75) is 13.8 Å². The zero-order valence-corrected chi connectivity index (χ0v) is 17.4. The third-order valence-electron chi connectivity index (χ3n) is 5.83. The molecule has 5 aromatic rings. The smallest absolute Gasteiger partial charge is 0.00264 e. The van der Waals surface area contributed by atoms with Gasteiger partial charge < -0.3 is 0 Å². The molecule has 0 saturated carbocycles. The minimum atomic E-state index is 1.23. The van der Waals surface area contributed by atoms with Crippen LogP contribution in [0.1, 0.15) is 18.1 Å². The van der Waals surface area contributed by atoms with E-state index in [0.29, 0.717) is 0 Å². The Bertz CT molecular complexity index is 1310. The summed E-state index contributed by atoms with van der Waals surface area (Å²) in [6, 6.07) is 35.4. The summed E-state index contributed by atoms with van der Waals surface area (Å²) in [5.41, 5.74) is 7.66. The Hall–Kier alpha value is -3.64. The van der Waals surface area contributed by atoms with Crippen LogP contribution in [-0.4, -0.2) is 0 Å². The van der Waals surface area contributed by atoms with Crippen LogP contribution in [0, 0.1) is 6.92 Å². The van der Waals surface area contributed by atoms with E-state index in [4.69, 9.17) is 0 Å². The van der Waals surface area contributed by atoms with Gasteiger partial charge in [-0.05, 0) is 63.2 Å². The maximum Gasteiger partial charge on any atom is -0.00264 e. The molecule has 5 aromatic carbocycles. The molecule has 30 heavy (non-hydrogen) atoms. The molecule has 0 spiro atoms. The number of rotatable bonds is 3. The van der Waals surface area contributed by atoms with Gasteiger partial charge in [-0.2, -0.15) is 0 Å². The highest BCUT2D eigenvalue weighted by atomic mass is 14.2. The second-order valence-electron chi connectivity index (χ2n) is 7.83. The highest BCUT2D eigenvalue weighted by molar-refractivity contribution is 6.21. The van der Waals surface area contributed by atoms with Crippen molar-refractivity contribution in [3.63, 3.8) is 0 Å². The molecule has 0 aliphatic rings. The Morgan fingerprint density at radius 2 is 0.900 bits per heavy atom. The van der Waals surface area contributed by atoms with Crippen molar-refractivity contribution < 1.29 is 0 Å². The van der Waals surface area contributed by atoms with Crippen LogP contribution in [-0.2, 0) is 0 Å². The van der Waals surface area contributed by atoms with Gasteiger partial charge >= 0.3 is 0 Å². The van der Waals surface area contributed by atoms with Crippen LogP contribution in [0.2, 0.25) is 0 Å². The molecule has 0 heteroatoms. The van der Waals surface area contributed by atoms with Crippen LogP contribution in [0.15, 0.2) is 103 Å². The van der Waals surface area contributed by atoms with Gasteiger partial charge in [0, 0.05) is 0 Å². The van der Waals surface area contributed by atoms with Gasteiger partial charge in [0.15, 0.2) is 0 Å². The van der Waals surface area contributed by atoms with E-state index in [1.165, 1.54) is 54.9 Å². The first-order valence-electron chi connectivity index (χ1n) is 10.5. The molecule has 0 amide bonds. The van der Waals surface area contributed by atoms with Crippen LogP contribution in [0.3, 0.4) is 0 Å². The van der Waals surface area contributed by atoms with E-state index in [2.05, 4.69) is 123 Å². The first kappa shape index (κ1) is 18.4. The Kier molecular flexibility index (Phi) is 4.69. The van der Waals surface area contributed by atoms with Gasteiger partial charge in [-0.3, -0.25) is 0 Å². The number of fused-ring (bicyclic) bond motifs is 2. The van der Waals surface area contributed by atoms with Crippen molar-refractivity contribution in [2.24, 2.45) is 0 Å². The lowest BCUT2D eigenvalue weighted by molar-refractivity contribution is 1.47. The molecule has 0 atom stereocenters. The molecule has 0 N–H and O–H groups in total. The molecule has 0 aromatic heterocycles. The van der Waals surface area contributed by atoms with Crippen molar-refractivity contribution in [2.75, 3.05) is 0 Å². The molecule has 0 aliphatic carbocycles. The van der Waals surface area contributed by atoms with Crippen LogP contribution in [0.4, 0.5) is 0 Å². The fraction of sp³-hybridized carbons (Fsp3) is 0.0667. The third-order valence-corrected chi connectivity index (χ3v) is 5.83. The molecule has 0 radical (unpaired) electrons. The lowest BCUT2D eigenvalue weighted by Gasteiger charge is -2.18. The van der Waals surface area contributed by atoms with E-state index in [9.17, 15) is 0 Å². The molecule has 0 fully saturated rings. The largest absolute Gasteiger partial charge is 0.0871 e. The summed E-state index contributed by atoms with van der Waals surface area (Å²) < 4.78 is 0. The van der Waals surface area contributed by atoms with Gasteiger partial charge in [0.1, 0.15) is 0 Å². The second kappa shape index (κ2) is 7.65. The summed E-state index contributed by atoms with van der Waals surface area (Å²) in [5.74, 6) is 0.